The second kappa shape index (κ2) is 8.11. The smallest absolute Gasteiger partial charge is 0.232 e. The summed E-state index contributed by atoms with van der Waals surface area (Å²) in [6.07, 6.45) is 1.63. The van der Waals surface area contributed by atoms with Gasteiger partial charge in [0, 0.05) is 0 Å². The maximum absolute atomic E-state index is 12.0. The van der Waals surface area contributed by atoms with Gasteiger partial charge in [0.25, 0.3) is 0 Å². The summed E-state index contributed by atoms with van der Waals surface area (Å²) in [7, 11) is -1.82. The summed E-state index contributed by atoms with van der Waals surface area (Å²) in [5, 5.41) is 3.19. The van der Waals surface area contributed by atoms with E-state index in [4.69, 9.17) is 4.74 Å². The fourth-order valence-electron chi connectivity index (χ4n) is 1.81. The van der Waals surface area contributed by atoms with Crippen molar-refractivity contribution in [2.75, 3.05) is 30.7 Å². The molecule has 0 saturated carbocycles. The fraction of sp³-hybridized carbons (Fsp3) is 0.571. The second-order valence-electron chi connectivity index (χ2n) is 4.73. The molecule has 20 heavy (non-hydrogen) atoms. The molecule has 0 unspecified atom stereocenters. The van der Waals surface area contributed by atoms with E-state index in [0.29, 0.717) is 24.4 Å². The topological polar surface area (TPSA) is 67.4 Å². The van der Waals surface area contributed by atoms with Crippen molar-refractivity contribution in [3.63, 3.8) is 0 Å². The first-order valence-corrected chi connectivity index (χ1v) is 8.49. The van der Waals surface area contributed by atoms with E-state index >= 15 is 0 Å². The van der Waals surface area contributed by atoms with Gasteiger partial charge in [-0.1, -0.05) is 13.0 Å². The highest BCUT2D eigenvalue weighted by Gasteiger charge is 2.13. The Morgan fingerprint density at radius 1 is 1.25 bits per heavy atom. The molecule has 2 N–H and O–H groups in total. The Balaban J connectivity index is 2.59. The lowest BCUT2D eigenvalue weighted by Crippen LogP contribution is -2.22. The van der Waals surface area contributed by atoms with E-state index in [9.17, 15) is 8.42 Å². The Bertz CT molecular complexity index is 515. The molecule has 0 fully saturated rings. The molecular weight excluding hydrogens is 276 g/mol. The van der Waals surface area contributed by atoms with Crippen LogP contribution < -0.4 is 14.8 Å². The Labute approximate surface area is 121 Å². The minimum atomic E-state index is -3.34. The Morgan fingerprint density at radius 3 is 2.65 bits per heavy atom. The second-order valence-corrected chi connectivity index (χ2v) is 6.57. The number of sulfonamides is 1. The van der Waals surface area contributed by atoms with Crippen LogP contribution in [0.15, 0.2) is 18.2 Å². The van der Waals surface area contributed by atoms with Gasteiger partial charge in [-0.2, -0.15) is 0 Å². The maximum Gasteiger partial charge on any atom is 0.232 e. The maximum atomic E-state index is 12.0. The van der Waals surface area contributed by atoms with Gasteiger partial charge >= 0.3 is 0 Å². The molecule has 0 spiro atoms. The highest BCUT2D eigenvalue weighted by atomic mass is 32.2. The Kier molecular flexibility index (Phi) is 6.81. The largest absolute Gasteiger partial charge is 0.495 e. The summed E-state index contributed by atoms with van der Waals surface area (Å²) in [5.41, 5.74) is 1.47. The number of methoxy groups -OCH3 is 1. The molecular formula is C14H24N2O3S. The molecule has 5 nitrogen and oxygen atoms in total. The summed E-state index contributed by atoms with van der Waals surface area (Å²) in [6.45, 7) is 5.61. The zero-order chi connectivity index (χ0) is 15.0. The van der Waals surface area contributed by atoms with Crippen LogP contribution in [0.3, 0.4) is 0 Å². The van der Waals surface area contributed by atoms with E-state index in [1.165, 1.54) is 7.11 Å². The van der Waals surface area contributed by atoms with Gasteiger partial charge in [0.2, 0.25) is 10.0 Å². The molecule has 1 rings (SSSR count). The van der Waals surface area contributed by atoms with Crippen LogP contribution in [0.2, 0.25) is 0 Å². The number of ether oxygens (including phenoxy) is 1. The lowest BCUT2D eigenvalue weighted by Gasteiger charge is -2.12. The van der Waals surface area contributed by atoms with Gasteiger partial charge in [-0.15, -0.1) is 0 Å². The number of hydrogen-bond acceptors (Lipinski definition) is 4. The van der Waals surface area contributed by atoms with Crippen molar-refractivity contribution < 1.29 is 13.2 Å². The van der Waals surface area contributed by atoms with Gasteiger partial charge in [-0.05, 0) is 50.6 Å². The highest BCUT2D eigenvalue weighted by molar-refractivity contribution is 7.92. The Morgan fingerprint density at radius 2 is 2.00 bits per heavy atom. The SMILES string of the molecule is CCCNCCCS(=O)(=O)Nc1cc(C)ccc1OC. The van der Waals surface area contributed by atoms with Crippen molar-refractivity contribution in [1.29, 1.82) is 0 Å². The average Bonchev–Trinajstić information content (AvgIpc) is 2.38. The number of rotatable bonds is 9. The summed E-state index contributed by atoms with van der Waals surface area (Å²) in [6, 6.07) is 5.41. The van der Waals surface area contributed by atoms with Crippen molar-refractivity contribution in [2.24, 2.45) is 0 Å². The minimum Gasteiger partial charge on any atom is -0.495 e. The molecule has 0 aliphatic heterocycles. The van der Waals surface area contributed by atoms with Crippen molar-refractivity contribution >= 4 is 15.7 Å². The van der Waals surface area contributed by atoms with Gasteiger partial charge in [-0.3, -0.25) is 4.72 Å². The summed E-state index contributed by atoms with van der Waals surface area (Å²) >= 11 is 0. The molecule has 0 aliphatic rings. The van der Waals surface area contributed by atoms with Crippen LogP contribution in [0, 0.1) is 6.92 Å². The molecule has 0 radical (unpaired) electrons. The molecule has 0 aromatic heterocycles. The van der Waals surface area contributed by atoms with E-state index in [0.717, 1.165) is 18.5 Å². The lowest BCUT2D eigenvalue weighted by atomic mass is 10.2. The summed E-state index contributed by atoms with van der Waals surface area (Å²) in [4.78, 5) is 0. The van der Waals surface area contributed by atoms with Crippen LogP contribution in [0.4, 0.5) is 5.69 Å². The van der Waals surface area contributed by atoms with E-state index in [1.807, 2.05) is 13.0 Å². The van der Waals surface area contributed by atoms with E-state index in [2.05, 4.69) is 17.0 Å². The van der Waals surface area contributed by atoms with E-state index in [-0.39, 0.29) is 5.75 Å². The third-order valence-electron chi connectivity index (χ3n) is 2.81. The zero-order valence-corrected chi connectivity index (χ0v) is 13.2. The summed E-state index contributed by atoms with van der Waals surface area (Å²) < 4.78 is 31.8. The van der Waals surface area contributed by atoms with Crippen molar-refractivity contribution in [1.82, 2.24) is 5.32 Å². The number of anilines is 1. The lowest BCUT2D eigenvalue weighted by molar-refractivity contribution is 0.417. The predicted octanol–water partition coefficient (Wildman–Crippen LogP) is 2.14. The van der Waals surface area contributed by atoms with Gasteiger partial charge in [0.15, 0.2) is 0 Å². The van der Waals surface area contributed by atoms with Crippen LogP contribution in [0.25, 0.3) is 0 Å². The minimum absolute atomic E-state index is 0.0980. The standard InChI is InChI=1S/C14H24N2O3S/c1-4-8-15-9-5-10-20(17,18)16-13-11-12(2)6-7-14(13)19-3/h6-7,11,15-16H,4-5,8-10H2,1-3H3. The van der Waals surface area contributed by atoms with Gasteiger partial charge in [0.05, 0.1) is 18.6 Å². The molecule has 0 saturated heterocycles. The number of benzene rings is 1. The quantitative estimate of drug-likeness (QED) is 0.686. The van der Waals surface area contributed by atoms with Gasteiger partial charge in [-0.25, -0.2) is 8.42 Å². The third-order valence-corrected chi connectivity index (χ3v) is 4.17. The van der Waals surface area contributed by atoms with E-state index < -0.39 is 10.0 Å². The first-order chi connectivity index (χ1) is 9.48. The normalized spacial score (nSPS) is 11.3. The van der Waals surface area contributed by atoms with Gasteiger partial charge < -0.3 is 10.1 Å². The molecule has 0 heterocycles. The van der Waals surface area contributed by atoms with Crippen molar-refractivity contribution in [3.8, 4) is 5.75 Å². The average molecular weight is 300 g/mol. The van der Waals surface area contributed by atoms with Crippen LogP contribution in [-0.2, 0) is 10.0 Å². The Hall–Kier alpha value is -1.27. The predicted molar refractivity (Wildman–Crippen MR) is 82.9 cm³/mol. The van der Waals surface area contributed by atoms with Crippen LogP contribution in [0.5, 0.6) is 5.75 Å². The molecule has 0 amide bonds. The zero-order valence-electron chi connectivity index (χ0n) is 12.4. The van der Waals surface area contributed by atoms with Gasteiger partial charge in [0.1, 0.15) is 5.75 Å². The highest BCUT2D eigenvalue weighted by Crippen LogP contribution is 2.26. The number of aryl methyl sites for hydroxylation is 1. The first-order valence-electron chi connectivity index (χ1n) is 6.84. The number of hydrogen-bond donors (Lipinski definition) is 2. The third kappa shape index (κ3) is 5.79. The molecule has 1 aromatic rings. The van der Waals surface area contributed by atoms with E-state index in [1.54, 1.807) is 12.1 Å². The van der Waals surface area contributed by atoms with Crippen molar-refractivity contribution in [3.05, 3.63) is 23.8 Å². The molecule has 0 aliphatic carbocycles. The molecule has 6 heteroatoms. The monoisotopic (exact) mass is 300 g/mol. The molecule has 0 atom stereocenters. The number of nitrogens with one attached hydrogen (secondary N) is 2. The van der Waals surface area contributed by atoms with Crippen LogP contribution >= 0.6 is 0 Å². The van der Waals surface area contributed by atoms with Crippen LogP contribution in [-0.4, -0.2) is 34.4 Å². The van der Waals surface area contributed by atoms with Crippen molar-refractivity contribution in [2.45, 2.75) is 26.7 Å². The fourth-order valence-corrected chi connectivity index (χ4v) is 2.93. The molecule has 114 valence electrons. The van der Waals surface area contributed by atoms with Crippen LogP contribution in [0.1, 0.15) is 25.3 Å². The summed E-state index contributed by atoms with van der Waals surface area (Å²) in [5.74, 6) is 0.629. The molecule has 1 aromatic carbocycles. The first kappa shape index (κ1) is 16.8. The molecule has 0 bridgehead atoms.